The summed E-state index contributed by atoms with van der Waals surface area (Å²) in [6, 6.07) is 1.28. The van der Waals surface area contributed by atoms with Gasteiger partial charge in [-0.1, -0.05) is 19.3 Å². The highest BCUT2D eigenvalue weighted by Gasteiger charge is 2.44. The third-order valence-electron chi connectivity index (χ3n) is 7.86. The fourth-order valence-electron chi connectivity index (χ4n) is 6.37. The predicted octanol–water partition coefficient (Wildman–Crippen LogP) is 2.40. The standard InChI is InChI=1S/C22H40N4O2/c1-14-10-15(2)26-21(24-14)20(13-23-26)22(27)25-18-8-4-6-16(11-18)17-7-5-9-19(12-17)28-3/h14-21,23-24H,4-13H2,1-3H3,(H,25,27). The number of nitrogens with zero attached hydrogens (tertiary/aromatic N) is 1. The molecule has 2 aliphatic carbocycles. The number of nitrogens with one attached hydrogen (secondary N) is 3. The smallest absolute Gasteiger partial charge is 0.227 e. The normalized spacial score (nSPS) is 44.8. The summed E-state index contributed by atoms with van der Waals surface area (Å²) in [6.07, 6.45) is 11.6. The van der Waals surface area contributed by atoms with Crippen LogP contribution in [0.25, 0.3) is 0 Å². The molecular formula is C22H40N4O2. The van der Waals surface area contributed by atoms with Crippen molar-refractivity contribution >= 4 is 5.91 Å². The van der Waals surface area contributed by atoms with Gasteiger partial charge in [-0.2, -0.15) is 0 Å². The lowest BCUT2D eigenvalue weighted by atomic mass is 9.71. The average molecular weight is 393 g/mol. The van der Waals surface area contributed by atoms with Crippen LogP contribution in [-0.2, 0) is 9.53 Å². The van der Waals surface area contributed by atoms with Crippen LogP contribution >= 0.6 is 0 Å². The van der Waals surface area contributed by atoms with Crippen LogP contribution in [0, 0.1) is 17.8 Å². The van der Waals surface area contributed by atoms with Crippen molar-refractivity contribution in [3.8, 4) is 0 Å². The number of methoxy groups -OCH3 is 1. The van der Waals surface area contributed by atoms with Crippen molar-refractivity contribution in [2.45, 2.75) is 102 Å². The lowest BCUT2D eigenvalue weighted by Gasteiger charge is -2.41. The zero-order chi connectivity index (χ0) is 19.7. The topological polar surface area (TPSA) is 65.6 Å². The first kappa shape index (κ1) is 20.6. The van der Waals surface area contributed by atoms with E-state index in [9.17, 15) is 4.79 Å². The highest BCUT2D eigenvalue weighted by molar-refractivity contribution is 5.80. The second-order valence-electron chi connectivity index (χ2n) is 9.89. The molecule has 0 aromatic heterocycles. The highest BCUT2D eigenvalue weighted by atomic mass is 16.5. The van der Waals surface area contributed by atoms with Gasteiger partial charge < -0.3 is 10.1 Å². The molecule has 4 rings (SSSR count). The Morgan fingerprint density at radius 2 is 1.79 bits per heavy atom. The van der Waals surface area contributed by atoms with Crippen LogP contribution < -0.4 is 16.1 Å². The first-order valence-corrected chi connectivity index (χ1v) is 11.7. The molecule has 2 saturated carbocycles. The molecule has 8 atom stereocenters. The van der Waals surface area contributed by atoms with Gasteiger partial charge in [0.1, 0.15) is 0 Å². The molecule has 28 heavy (non-hydrogen) atoms. The third kappa shape index (κ3) is 4.40. The maximum absolute atomic E-state index is 13.1. The molecular weight excluding hydrogens is 352 g/mol. The molecule has 0 spiro atoms. The van der Waals surface area contributed by atoms with Gasteiger partial charge in [0.05, 0.1) is 18.2 Å². The quantitative estimate of drug-likeness (QED) is 0.686. The largest absolute Gasteiger partial charge is 0.381 e. The first-order valence-electron chi connectivity index (χ1n) is 11.7. The van der Waals surface area contributed by atoms with E-state index >= 15 is 0 Å². The van der Waals surface area contributed by atoms with Gasteiger partial charge in [-0.15, -0.1) is 0 Å². The molecule has 6 heteroatoms. The van der Waals surface area contributed by atoms with Crippen molar-refractivity contribution < 1.29 is 9.53 Å². The van der Waals surface area contributed by atoms with E-state index in [-0.39, 0.29) is 18.0 Å². The number of hydrazine groups is 1. The number of ether oxygens (including phenoxy) is 1. The minimum Gasteiger partial charge on any atom is -0.381 e. The number of fused-ring (bicyclic) bond motifs is 1. The van der Waals surface area contributed by atoms with E-state index in [1.807, 2.05) is 7.11 Å². The number of carbonyl (C=O) groups excluding carboxylic acids is 1. The van der Waals surface area contributed by atoms with Crippen molar-refractivity contribution in [1.29, 1.82) is 0 Å². The van der Waals surface area contributed by atoms with E-state index < -0.39 is 0 Å². The zero-order valence-electron chi connectivity index (χ0n) is 18.0. The van der Waals surface area contributed by atoms with Crippen LogP contribution in [0.1, 0.15) is 71.6 Å². The Kier molecular flexibility index (Phi) is 6.60. The van der Waals surface area contributed by atoms with Crippen LogP contribution in [0.4, 0.5) is 0 Å². The SMILES string of the molecule is COC1CCCC(C2CCCC(NC(=O)C3CNN4C(C)CC(C)NC34)C2)C1. The maximum Gasteiger partial charge on any atom is 0.227 e. The van der Waals surface area contributed by atoms with Gasteiger partial charge in [-0.25, -0.2) is 5.01 Å². The Morgan fingerprint density at radius 3 is 2.57 bits per heavy atom. The molecule has 6 nitrogen and oxygen atoms in total. The van der Waals surface area contributed by atoms with Gasteiger partial charge in [-0.3, -0.25) is 15.5 Å². The van der Waals surface area contributed by atoms with E-state index in [2.05, 4.69) is 34.9 Å². The van der Waals surface area contributed by atoms with Crippen molar-refractivity contribution in [2.75, 3.05) is 13.7 Å². The molecule has 3 N–H and O–H groups in total. The molecule has 1 amide bonds. The van der Waals surface area contributed by atoms with E-state index in [0.29, 0.717) is 24.2 Å². The molecule has 0 aromatic rings. The summed E-state index contributed by atoms with van der Waals surface area (Å²) in [4.78, 5) is 13.1. The summed E-state index contributed by atoms with van der Waals surface area (Å²) in [7, 11) is 1.86. The first-order chi connectivity index (χ1) is 13.5. The second kappa shape index (κ2) is 8.99. The number of hydrogen-bond donors (Lipinski definition) is 3. The third-order valence-corrected chi connectivity index (χ3v) is 7.86. The van der Waals surface area contributed by atoms with Gasteiger partial charge in [0, 0.05) is 31.8 Å². The van der Waals surface area contributed by atoms with Crippen LogP contribution in [0.2, 0.25) is 0 Å². The van der Waals surface area contributed by atoms with Gasteiger partial charge in [0.2, 0.25) is 5.91 Å². The summed E-state index contributed by atoms with van der Waals surface area (Å²) in [5, 5.41) is 9.34. The highest BCUT2D eigenvalue weighted by Crippen LogP contribution is 2.39. The summed E-state index contributed by atoms with van der Waals surface area (Å²) in [5.41, 5.74) is 3.46. The lowest BCUT2D eigenvalue weighted by molar-refractivity contribution is -0.127. The molecule has 2 heterocycles. The van der Waals surface area contributed by atoms with Crippen LogP contribution in [0.15, 0.2) is 0 Å². The second-order valence-corrected chi connectivity index (χ2v) is 9.89. The number of rotatable bonds is 4. The predicted molar refractivity (Wildman–Crippen MR) is 110 cm³/mol. The van der Waals surface area contributed by atoms with E-state index in [1.165, 1.54) is 38.5 Å². The Bertz CT molecular complexity index is 545. The molecule has 2 saturated heterocycles. The molecule has 4 fully saturated rings. The molecule has 8 unspecified atom stereocenters. The molecule has 2 aliphatic heterocycles. The van der Waals surface area contributed by atoms with Gasteiger partial charge in [0.15, 0.2) is 0 Å². The van der Waals surface area contributed by atoms with Gasteiger partial charge >= 0.3 is 0 Å². The Labute approximate surface area is 170 Å². The van der Waals surface area contributed by atoms with Crippen molar-refractivity contribution in [2.24, 2.45) is 17.8 Å². The van der Waals surface area contributed by atoms with Gasteiger partial charge in [0.25, 0.3) is 0 Å². The molecule has 0 radical (unpaired) electrons. The number of hydrogen-bond acceptors (Lipinski definition) is 5. The minimum absolute atomic E-state index is 0.00173. The Morgan fingerprint density at radius 1 is 1.04 bits per heavy atom. The minimum atomic E-state index is -0.00173. The zero-order valence-corrected chi connectivity index (χ0v) is 18.0. The Hall–Kier alpha value is -0.690. The monoisotopic (exact) mass is 392 g/mol. The summed E-state index contributed by atoms with van der Waals surface area (Å²) in [5.74, 6) is 1.77. The van der Waals surface area contributed by atoms with Crippen LogP contribution in [-0.4, -0.2) is 55.0 Å². The molecule has 0 aromatic carbocycles. The van der Waals surface area contributed by atoms with Crippen LogP contribution in [0.5, 0.6) is 0 Å². The van der Waals surface area contributed by atoms with Crippen molar-refractivity contribution in [1.82, 2.24) is 21.1 Å². The number of carbonyl (C=O) groups is 1. The number of amides is 1. The van der Waals surface area contributed by atoms with E-state index in [1.54, 1.807) is 0 Å². The lowest BCUT2D eigenvalue weighted by Crippen LogP contribution is -2.61. The fourth-order valence-corrected chi connectivity index (χ4v) is 6.37. The van der Waals surface area contributed by atoms with E-state index in [0.717, 1.165) is 37.6 Å². The average Bonchev–Trinajstić information content (AvgIpc) is 3.12. The molecule has 4 aliphatic rings. The van der Waals surface area contributed by atoms with Crippen LogP contribution in [0.3, 0.4) is 0 Å². The molecule has 0 bridgehead atoms. The molecule has 160 valence electrons. The maximum atomic E-state index is 13.1. The fraction of sp³-hybridized carbons (Fsp3) is 0.955. The summed E-state index contributed by atoms with van der Waals surface area (Å²) < 4.78 is 5.65. The van der Waals surface area contributed by atoms with Gasteiger partial charge in [-0.05, 0) is 64.2 Å². The van der Waals surface area contributed by atoms with Crippen molar-refractivity contribution in [3.63, 3.8) is 0 Å². The van der Waals surface area contributed by atoms with E-state index in [4.69, 9.17) is 4.74 Å². The summed E-state index contributed by atoms with van der Waals surface area (Å²) >= 11 is 0. The van der Waals surface area contributed by atoms with Crippen molar-refractivity contribution in [3.05, 3.63) is 0 Å². The summed E-state index contributed by atoms with van der Waals surface area (Å²) in [6.45, 7) is 5.22. The Balaban J connectivity index is 1.32.